The maximum absolute atomic E-state index is 12.5. The number of aryl methyl sites for hydroxylation is 2. The first-order valence-electron chi connectivity index (χ1n) is 6.60. The number of nitrogens with zero attached hydrogens (tertiary/aromatic N) is 5. The lowest BCUT2D eigenvalue weighted by Crippen LogP contribution is -2.26. The molecule has 0 atom stereocenters. The molecule has 0 aliphatic rings. The lowest BCUT2D eigenvalue weighted by Gasteiger charge is -2.16. The highest BCUT2D eigenvalue weighted by atomic mass is 32.1. The molecule has 7 heteroatoms. The fourth-order valence-electron chi connectivity index (χ4n) is 1.98. The Morgan fingerprint density at radius 3 is 2.80 bits per heavy atom. The van der Waals surface area contributed by atoms with E-state index in [4.69, 9.17) is 0 Å². The lowest BCUT2D eigenvalue weighted by molar-refractivity contribution is 0.0785. The fourth-order valence-corrected chi connectivity index (χ4v) is 2.67. The van der Waals surface area contributed by atoms with Gasteiger partial charge in [0.15, 0.2) is 0 Å². The maximum atomic E-state index is 12.5. The van der Waals surface area contributed by atoms with Crippen molar-refractivity contribution in [1.29, 1.82) is 0 Å². The molecule has 6 nitrogen and oxygen atoms in total. The molecule has 0 unspecified atom stereocenters. The Morgan fingerprint density at radius 1 is 1.45 bits per heavy atom. The van der Waals surface area contributed by atoms with Crippen LogP contribution in [0.1, 0.15) is 40.0 Å². The summed E-state index contributed by atoms with van der Waals surface area (Å²) in [6.07, 6.45) is 2.65. The van der Waals surface area contributed by atoms with Crippen LogP contribution >= 0.6 is 11.5 Å². The minimum atomic E-state index is -0.0161. The second kappa shape index (κ2) is 6.13. The Morgan fingerprint density at radius 2 is 2.20 bits per heavy atom. The number of carbonyl (C=O) groups is 1. The third-order valence-corrected chi connectivity index (χ3v) is 4.05. The Hall–Kier alpha value is -1.76. The van der Waals surface area contributed by atoms with Gasteiger partial charge in [0.2, 0.25) is 0 Å². The molecule has 2 aromatic heterocycles. The molecule has 0 bridgehead atoms. The van der Waals surface area contributed by atoms with Crippen LogP contribution in [0.5, 0.6) is 0 Å². The van der Waals surface area contributed by atoms with Gasteiger partial charge in [0.1, 0.15) is 0 Å². The van der Waals surface area contributed by atoms with Crippen molar-refractivity contribution in [3.05, 3.63) is 28.0 Å². The molecule has 2 heterocycles. The van der Waals surface area contributed by atoms with Crippen molar-refractivity contribution in [2.75, 3.05) is 7.05 Å². The third-order valence-electron chi connectivity index (χ3n) is 3.24. The van der Waals surface area contributed by atoms with Crippen molar-refractivity contribution in [3.63, 3.8) is 0 Å². The highest BCUT2D eigenvalue weighted by molar-refractivity contribution is 7.05. The van der Waals surface area contributed by atoms with Crippen molar-refractivity contribution in [3.8, 4) is 0 Å². The normalized spacial score (nSPS) is 10.8. The standard InChI is InChI=1S/C13H19N5OS/c1-5-6-18-10(3)11(7-14-18)13(19)17(4)8-12-9(2)15-16-20-12/h7H,5-6,8H2,1-4H3. The molecule has 0 aliphatic heterocycles. The minimum Gasteiger partial charge on any atom is -0.336 e. The van der Waals surface area contributed by atoms with Crippen molar-refractivity contribution < 1.29 is 4.79 Å². The predicted octanol–water partition coefficient (Wildman–Crippen LogP) is 2.03. The third kappa shape index (κ3) is 2.87. The van der Waals surface area contributed by atoms with Gasteiger partial charge in [0, 0.05) is 19.3 Å². The summed E-state index contributed by atoms with van der Waals surface area (Å²) in [5.74, 6) is -0.0161. The number of hydrogen-bond acceptors (Lipinski definition) is 5. The molecule has 2 aromatic rings. The second-order valence-corrected chi connectivity index (χ2v) is 5.65. The molecule has 0 N–H and O–H groups in total. The van der Waals surface area contributed by atoms with Gasteiger partial charge >= 0.3 is 0 Å². The average molecular weight is 293 g/mol. The van der Waals surface area contributed by atoms with Crippen LogP contribution in [0.15, 0.2) is 6.20 Å². The summed E-state index contributed by atoms with van der Waals surface area (Å²) in [7, 11) is 1.79. The van der Waals surface area contributed by atoms with Gasteiger partial charge in [0.25, 0.3) is 5.91 Å². The first-order valence-corrected chi connectivity index (χ1v) is 7.37. The van der Waals surface area contributed by atoms with Crippen LogP contribution in [-0.4, -0.2) is 37.2 Å². The second-order valence-electron chi connectivity index (χ2n) is 4.81. The molecule has 0 saturated carbocycles. The zero-order valence-corrected chi connectivity index (χ0v) is 13.1. The molecule has 108 valence electrons. The molecule has 0 fully saturated rings. The molecule has 0 radical (unpaired) electrons. The average Bonchev–Trinajstić information content (AvgIpc) is 2.97. The number of amides is 1. The maximum Gasteiger partial charge on any atom is 0.257 e. The van der Waals surface area contributed by atoms with Gasteiger partial charge in [-0.05, 0) is 31.8 Å². The van der Waals surface area contributed by atoms with E-state index in [0.29, 0.717) is 12.1 Å². The Labute approximate surface area is 122 Å². The van der Waals surface area contributed by atoms with E-state index in [2.05, 4.69) is 21.6 Å². The van der Waals surface area contributed by atoms with Crippen molar-refractivity contribution in [2.45, 2.75) is 40.3 Å². The highest BCUT2D eigenvalue weighted by Gasteiger charge is 2.19. The van der Waals surface area contributed by atoms with Crippen LogP contribution in [0, 0.1) is 13.8 Å². The molecule has 0 saturated heterocycles. The molecule has 1 amide bonds. The summed E-state index contributed by atoms with van der Waals surface area (Å²) in [5.41, 5.74) is 2.46. The van der Waals surface area contributed by atoms with Gasteiger partial charge in [-0.2, -0.15) is 5.10 Å². The SMILES string of the molecule is CCCn1ncc(C(=O)N(C)Cc2snnc2C)c1C. The van der Waals surface area contributed by atoms with E-state index in [1.54, 1.807) is 18.1 Å². The van der Waals surface area contributed by atoms with Gasteiger partial charge in [-0.3, -0.25) is 9.48 Å². The summed E-state index contributed by atoms with van der Waals surface area (Å²) < 4.78 is 5.77. The number of carbonyl (C=O) groups excluding carboxylic acids is 1. The van der Waals surface area contributed by atoms with Crippen molar-refractivity contribution in [1.82, 2.24) is 24.3 Å². The van der Waals surface area contributed by atoms with Crippen LogP contribution in [0.4, 0.5) is 0 Å². The van der Waals surface area contributed by atoms with E-state index in [1.165, 1.54) is 11.5 Å². The highest BCUT2D eigenvalue weighted by Crippen LogP contribution is 2.15. The molecule has 2 rings (SSSR count). The van der Waals surface area contributed by atoms with Gasteiger partial charge < -0.3 is 4.90 Å². The molecule has 0 aliphatic carbocycles. The minimum absolute atomic E-state index is 0.0161. The van der Waals surface area contributed by atoms with Gasteiger partial charge in [-0.15, -0.1) is 5.10 Å². The van der Waals surface area contributed by atoms with E-state index in [-0.39, 0.29) is 5.91 Å². The molecule has 20 heavy (non-hydrogen) atoms. The largest absolute Gasteiger partial charge is 0.336 e. The molecule has 0 aromatic carbocycles. The Balaban J connectivity index is 2.12. The number of aromatic nitrogens is 4. The van der Waals surface area contributed by atoms with E-state index in [9.17, 15) is 4.79 Å². The Kier molecular flexibility index (Phi) is 4.49. The van der Waals surface area contributed by atoms with E-state index in [0.717, 1.165) is 29.2 Å². The zero-order chi connectivity index (χ0) is 14.7. The van der Waals surface area contributed by atoms with E-state index in [1.807, 2.05) is 18.5 Å². The van der Waals surface area contributed by atoms with Crippen LogP contribution in [-0.2, 0) is 13.1 Å². The molecular formula is C13H19N5OS. The van der Waals surface area contributed by atoms with Crippen LogP contribution in [0.25, 0.3) is 0 Å². The monoisotopic (exact) mass is 293 g/mol. The summed E-state index contributed by atoms with van der Waals surface area (Å²) in [6, 6.07) is 0. The molecular weight excluding hydrogens is 274 g/mol. The Bertz CT molecular complexity index is 604. The first-order chi connectivity index (χ1) is 9.54. The van der Waals surface area contributed by atoms with E-state index < -0.39 is 0 Å². The number of rotatable bonds is 5. The summed E-state index contributed by atoms with van der Waals surface area (Å²) in [6.45, 7) is 7.29. The lowest BCUT2D eigenvalue weighted by atomic mass is 10.2. The number of hydrogen-bond donors (Lipinski definition) is 0. The van der Waals surface area contributed by atoms with Gasteiger partial charge in [-0.25, -0.2) is 0 Å². The fraction of sp³-hybridized carbons (Fsp3) is 0.538. The topological polar surface area (TPSA) is 63.9 Å². The van der Waals surface area contributed by atoms with Crippen molar-refractivity contribution in [2.24, 2.45) is 0 Å². The zero-order valence-electron chi connectivity index (χ0n) is 12.3. The van der Waals surface area contributed by atoms with Crippen LogP contribution in [0.3, 0.4) is 0 Å². The summed E-state index contributed by atoms with van der Waals surface area (Å²) in [5, 5.41) is 8.23. The molecule has 0 spiro atoms. The first kappa shape index (κ1) is 14.6. The van der Waals surface area contributed by atoms with Crippen LogP contribution in [0.2, 0.25) is 0 Å². The van der Waals surface area contributed by atoms with Crippen LogP contribution < -0.4 is 0 Å². The summed E-state index contributed by atoms with van der Waals surface area (Å²) >= 11 is 1.33. The summed E-state index contributed by atoms with van der Waals surface area (Å²) in [4.78, 5) is 15.2. The van der Waals surface area contributed by atoms with Gasteiger partial charge in [0.05, 0.1) is 28.9 Å². The predicted molar refractivity (Wildman–Crippen MR) is 77.7 cm³/mol. The van der Waals surface area contributed by atoms with Gasteiger partial charge in [-0.1, -0.05) is 11.4 Å². The van der Waals surface area contributed by atoms with Crippen molar-refractivity contribution >= 4 is 17.4 Å². The smallest absolute Gasteiger partial charge is 0.257 e. The quantitative estimate of drug-likeness (QED) is 0.846. The van der Waals surface area contributed by atoms with E-state index >= 15 is 0 Å².